The molecule has 2 amide bonds. The third-order valence-corrected chi connectivity index (χ3v) is 7.83. The molecule has 35 heavy (non-hydrogen) atoms. The van der Waals surface area contributed by atoms with E-state index in [1.807, 2.05) is 61.5 Å². The van der Waals surface area contributed by atoms with E-state index in [0.29, 0.717) is 13.0 Å². The largest absolute Gasteiger partial charge is 0.495 e. The normalized spacial score (nSPS) is 17.4. The quantitative estimate of drug-likeness (QED) is 0.543. The zero-order valence-electron chi connectivity index (χ0n) is 19.9. The lowest BCUT2D eigenvalue weighted by molar-refractivity contribution is -0.156. The molecule has 0 bridgehead atoms. The molecule has 7 nitrogen and oxygen atoms in total. The number of aryl methyl sites for hydroxylation is 1. The van der Waals surface area contributed by atoms with Crippen molar-refractivity contribution >= 4 is 21.8 Å². The van der Waals surface area contributed by atoms with Crippen LogP contribution in [0, 0.1) is 6.92 Å². The van der Waals surface area contributed by atoms with Gasteiger partial charge in [-0.3, -0.25) is 9.59 Å². The smallest absolute Gasteiger partial charge is 0.267 e. The lowest BCUT2D eigenvalue weighted by Gasteiger charge is -2.49. The number of amides is 2. The molecule has 0 radical (unpaired) electrons. The molecule has 1 fully saturated rings. The fraction of sp³-hybridized carbons (Fsp3) is 0.259. The molecule has 0 aliphatic carbocycles. The number of carbonyl (C=O) groups excluding carboxylic acids is 2. The number of methoxy groups -OCH3 is 1. The second-order valence-electron chi connectivity index (χ2n) is 8.90. The summed E-state index contributed by atoms with van der Waals surface area (Å²) in [6.07, 6.45) is 0.495. The van der Waals surface area contributed by atoms with Crippen molar-refractivity contribution in [2.24, 2.45) is 0 Å². The maximum Gasteiger partial charge on any atom is 0.267 e. The first-order valence-electron chi connectivity index (χ1n) is 11.3. The van der Waals surface area contributed by atoms with E-state index in [-0.39, 0.29) is 23.0 Å². The van der Waals surface area contributed by atoms with E-state index in [1.165, 1.54) is 18.1 Å². The first kappa shape index (κ1) is 24.5. The van der Waals surface area contributed by atoms with Gasteiger partial charge in [0.1, 0.15) is 16.2 Å². The highest BCUT2D eigenvalue weighted by molar-refractivity contribution is 7.90. The van der Waals surface area contributed by atoms with Crippen LogP contribution in [0.25, 0.3) is 11.1 Å². The van der Waals surface area contributed by atoms with Gasteiger partial charge < -0.3 is 9.64 Å². The summed E-state index contributed by atoms with van der Waals surface area (Å²) in [6, 6.07) is 22.3. The molecule has 182 valence electrons. The van der Waals surface area contributed by atoms with E-state index >= 15 is 0 Å². The second-order valence-corrected chi connectivity index (χ2v) is 10.5. The Kier molecular flexibility index (Phi) is 6.67. The maximum atomic E-state index is 13.0. The highest BCUT2D eigenvalue weighted by atomic mass is 32.2. The van der Waals surface area contributed by atoms with Gasteiger partial charge in [-0.25, -0.2) is 13.1 Å². The van der Waals surface area contributed by atoms with Gasteiger partial charge in [-0.1, -0.05) is 60.7 Å². The number of hydrogen-bond donors (Lipinski definition) is 1. The van der Waals surface area contributed by atoms with Gasteiger partial charge in [0.2, 0.25) is 5.91 Å². The molecule has 0 spiro atoms. The van der Waals surface area contributed by atoms with E-state index in [1.54, 1.807) is 19.1 Å². The molecule has 1 unspecified atom stereocenters. The van der Waals surface area contributed by atoms with Crippen molar-refractivity contribution in [1.82, 2.24) is 9.62 Å². The Labute approximate surface area is 205 Å². The van der Waals surface area contributed by atoms with Crippen LogP contribution in [0.1, 0.15) is 24.5 Å². The fourth-order valence-electron chi connectivity index (χ4n) is 4.19. The summed E-state index contributed by atoms with van der Waals surface area (Å²) in [4.78, 5) is 27.4. The first-order valence-corrected chi connectivity index (χ1v) is 12.8. The molecular weight excluding hydrogens is 464 g/mol. The lowest BCUT2D eigenvalue weighted by Crippen LogP contribution is -2.68. The fourth-order valence-corrected chi connectivity index (χ4v) is 5.42. The molecule has 0 saturated carbocycles. The van der Waals surface area contributed by atoms with Crippen LogP contribution in [-0.2, 0) is 26.0 Å². The Hall–Kier alpha value is -3.65. The number of rotatable bonds is 7. The summed E-state index contributed by atoms with van der Waals surface area (Å²) >= 11 is 0. The molecule has 3 aromatic rings. The number of nitrogens with one attached hydrogen (secondary N) is 1. The monoisotopic (exact) mass is 492 g/mol. The summed E-state index contributed by atoms with van der Waals surface area (Å²) in [5.74, 6) is -0.818. The Balaban J connectivity index is 1.45. The SMILES string of the molecule is COc1cc(C)ccc1S(=O)(=O)NC(=O)C1(C)CCN1C(=O)Cc1ccc(-c2ccccc2)cc1. The molecule has 1 aliphatic rings. The number of nitrogens with zero attached hydrogens (tertiary/aromatic N) is 1. The van der Waals surface area contributed by atoms with Gasteiger partial charge in [-0.05, 0) is 54.7 Å². The standard InChI is InChI=1S/C27H28N2O5S/c1-19-9-14-24(23(17-19)34-3)35(32,33)28-26(31)27(2)15-16-29(27)25(30)18-20-10-12-22(13-11-20)21-7-5-4-6-8-21/h4-14,17H,15-16,18H2,1-3H3,(H,28,31). The van der Waals surface area contributed by atoms with E-state index in [9.17, 15) is 18.0 Å². The van der Waals surface area contributed by atoms with Gasteiger partial charge >= 0.3 is 0 Å². The van der Waals surface area contributed by atoms with Crippen LogP contribution in [0.15, 0.2) is 77.7 Å². The summed E-state index contributed by atoms with van der Waals surface area (Å²) in [7, 11) is -2.81. The van der Waals surface area contributed by atoms with Crippen LogP contribution in [-0.4, -0.2) is 44.3 Å². The predicted octanol–water partition coefficient (Wildman–Crippen LogP) is 3.71. The van der Waals surface area contributed by atoms with Gasteiger partial charge in [-0.2, -0.15) is 0 Å². The van der Waals surface area contributed by atoms with Crippen molar-refractivity contribution < 1.29 is 22.7 Å². The lowest BCUT2D eigenvalue weighted by atomic mass is 9.85. The minimum Gasteiger partial charge on any atom is -0.495 e. The van der Waals surface area contributed by atoms with Crippen LogP contribution in [0.3, 0.4) is 0 Å². The molecule has 1 atom stereocenters. The summed E-state index contributed by atoms with van der Waals surface area (Å²) < 4.78 is 33.2. The van der Waals surface area contributed by atoms with Gasteiger partial charge in [0, 0.05) is 6.54 Å². The Bertz CT molecular complexity index is 1350. The zero-order chi connectivity index (χ0) is 25.2. The molecule has 1 saturated heterocycles. The van der Waals surface area contributed by atoms with Crippen LogP contribution >= 0.6 is 0 Å². The number of sulfonamides is 1. The number of carbonyl (C=O) groups is 2. The zero-order valence-corrected chi connectivity index (χ0v) is 20.8. The molecular formula is C27H28N2O5S. The molecule has 0 aromatic heterocycles. The average Bonchev–Trinajstić information content (AvgIpc) is 2.83. The number of ether oxygens (including phenoxy) is 1. The van der Waals surface area contributed by atoms with Crippen LogP contribution in [0.4, 0.5) is 0 Å². The molecule has 1 heterocycles. The van der Waals surface area contributed by atoms with Gasteiger partial charge in [0.05, 0.1) is 13.5 Å². The second kappa shape index (κ2) is 9.54. The highest BCUT2D eigenvalue weighted by Crippen LogP contribution is 2.33. The number of hydrogen-bond acceptors (Lipinski definition) is 5. The van der Waals surface area contributed by atoms with E-state index in [4.69, 9.17) is 4.74 Å². The third kappa shape index (κ3) is 4.93. The Morgan fingerprint density at radius 1 is 1.00 bits per heavy atom. The Morgan fingerprint density at radius 3 is 2.26 bits per heavy atom. The number of likely N-dealkylation sites (tertiary alicyclic amines) is 1. The Morgan fingerprint density at radius 2 is 1.66 bits per heavy atom. The number of benzene rings is 3. The maximum absolute atomic E-state index is 13.0. The van der Waals surface area contributed by atoms with E-state index < -0.39 is 21.5 Å². The molecule has 8 heteroatoms. The van der Waals surface area contributed by atoms with E-state index in [0.717, 1.165) is 22.3 Å². The molecule has 3 aromatic carbocycles. The molecule has 4 rings (SSSR count). The van der Waals surface area contributed by atoms with Crippen molar-refractivity contribution in [3.63, 3.8) is 0 Å². The first-order chi connectivity index (χ1) is 16.6. The molecule has 1 N–H and O–H groups in total. The minimum absolute atomic E-state index is 0.122. The summed E-state index contributed by atoms with van der Waals surface area (Å²) in [6.45, 7) is 3.79. The average molecular weight is 493 g/mol. The predicted molar refractivity (Wildman–Crippen MR) is 133 cm³/mol. The van der Waals surface area contributed by atoms with Crippen molar-refractivity contribution in [3.8, 4) is 16.9 Å². The van der Waals surface area contributed by atoms with Crippen molar-refractivity contribution in [3.05, 3.63) is 83.9 Å². The molecule has 1 aliphatic heterocycles. The highest BCUT2D eigenvalue weighted by Gasteiger charge is 2.50. The third-order valence-electron chi connectivity index (χ3n) is 6.46. The van der Waals surface area contributed by atoms with Gasteiger partial charge in [0.15, 0.2) is 0 Å². The van der Waals surface area contributed by atoms with Crippen LogP contribution < -0.4 is 9.46 Å². The minimum atomic E-state index is -4.18. The van der Waals surface area contributed by atoms with Gasteiger partial charge in [-0.15, -0.1) is 0 Å². The summed E-state index contributed by atoms with van der Waals surface area (Å²) in [5, 5.41) is 0. The van der Waals surface area contributed by atoms with Crippen molar-refractivity contribution in [2.45, 2.75) is 37.1 Å². The topological polar surface area (TPSA) is 92.8 Å². The van der Waals surface area contributed by atoms with Crippen LogP contribution in [0.2, 0.25) is 0 Å². The van der Waals surface area contributed by atoms with Crippen molar-refractivity contribution in [1.29, 1.82) is 0 Å². The summed E-state index contributed by atoms with van der Waals surface area (Å²) in [5.41, 5.74) is 2.54. The van der Waals surface area contributed by atoms with E-state index in [2.05, 4.69) is 4.72 Å². The van der Waals surface area contributed by atoms with Crippen LogP contribution in [0.5, 0.6) is 5.75 Å². The van der Waals surface area contributed by atoms with Crippen molar-refractivity contribution in [2.75, 3.05) is 13.7 Å². The van der Waals surface area contributed by atoms with Gasteiger partial charge in [0.25, 0.3) is 15.9 Å².